The summed E-state index contributed by atoms with van der Waals surface area (Å²) >= 11 is 6.10. The average molecular weight is 382 g/mol. The molecule has 0 saturated carbocycles. The number of anilines is 1. The minimum Gasteiger partial charge on any atom is -0.339 e. The van der Waals surface area contributed by atoms with Crippen molar-refractivity contribution < 1.29 is 9.32 Å². The van der Waals surface area contributed by atoms with Gasteiger partial charge >= 0.3 is 0 Å². The third-order valence-electron chi connectivity index (χ3n) is 4.99. The Labute approximate surface area is 163 Å². The van der Waals surface area contributed by atoms with E-state index in [1.807, 2.05) is 44.2 Å². The van der Waals surface area contributed by atoms with Gasteiger partial charge in [-0.1, -0.05) is 40.5 Å². The first-order valence-electron chi connectivity index (χ1n) is 8.90. The lowest BCUT2D eigenvalue weighted by Gasteiger charge is -2.17. The maximum atomic E-state index is 12.5. The van der Waals surface area contributed by atoms with Crippen molar-refractivity contribution in [2.75, 3.05) is 11.4 Å². The maximum Gasteiger partial charge on any atom is 0.232 e. The standard InChI is InChI=1S/C21H20ClN3O2/c1-12-4-6-17(13(2)8-12)20-23-21(27-24-20)15-10-19(26)25(11-15)16-5-7-18(22)14(3)9-16/h4-9,15H,10-11H2,1-3H3. The molecular weight excluding hydrogens is 362 g/mol. The Morgan fingerprint density at radius 2 is 1.93 bits per heavy atom. The summed E-state index contributed by atoms with van der Waals surface area (Å²) in [5, 5.41) is 4.83. The van der Waals surface area contributed by atoms with E-state index in [-0.39, 0.29) is 11.8 Å². The van der Waals surface area contributed by atoms with Crippen LogP contribution in [-0.2, 0) is 4.79 Å². The lowest BCUT2D eigenvalue weighted by molar-refractivity contribution is -0.117. The fourth-order valence-corrected chi connectivity index (χ4v) is 3.61. The number of carbonyl (C=O) groups excluding carboxylic acids is 1. The molecule has 1 aliphatic heterocycles. The molecule has 0 N–H and O–H groups in total. The molecule has 27 heavy (non-hydrogen) atoms. The fourth-order valence-electron chi connectivity index (χ4n) is 3.49. The Bertz CT molecular complexity index is 1030. The van der Waals surface area contributed by atoms with Crippen molar-refractivity contribution in [1.82, 2.24) is 10.1 Å². The highest BCUT2D eigenvalue weighted by Crippen LogP contribution is 2.33. The molecular formula is C21H20ClN3O2. The summed E-state index contributed by atoms with van der Waals surface area (Å²) in [7, 11) is 0. The Balaban J connectivity index is 1.57. The van der Waals surface area contributed by atoms with Crippen LogP contribution in [0.5, 0.6) is 0 Å². The van der Waals surface area contributed by atoms with Crippen LogP contribution in [0.15, 0.2) is 40.9 Å². The lowest BCUT2D eigenvalue weighted by atomic mass is 10.1. The molecule has 2 aromatic carbocycles. The first kappa shape index (κ1) is 17.7. The van der Waals surface area contributed by atoms with Crippen LogP contribution in [0.4, 0.5) is 5.69 Å². The topological polar surface area (TPSA) is 59.2 Å². The number of hydrogen-bond acceptors (Lipinski definition) is 4. The molecule has 1 amide bonds. The summed E-state index contributed by atoms with van der Waals surface area (Å²) in [5.74, 6) is 1.01. The van der Waals surface area contributed by atoms with Crippen molar-refractivity contribution in [3.8, 4) is 11.4 Å². The molecule has 1 fully saturated rings. The van der Waals surface area contributed by atoms with E-state index >= 15 is 0 Å². The number of rotatable bonds is 3. The third-order valence-corrected chi connectivity index (χ3v) is 5.42. The smallest absolute Gasteiger partial charge is 0.232 e. The van der Waals surface area contributed by atoms with Gasteiger partial charge in [0.15, 0.2) is 0 Å². The molecule has 1 aromatic heterocycles. The highest BCUT2D eigenvalue weighted by atomic mass is 35.5. The van der Waals surface area contributed by atoms with E-state index in [2.05, 4.69) is 23.1 Å². The number of nitrogens with zero attached hydrogens (tertiary/aromatic N) is 3. The molecule has 0 bridgehead atoms. The molecule has 0 spiro atoms. The summed E-state index contributed by atoms with van der Waals surface area (Å²) in [5.41, 5.74) is 5.03. The predicted octanol–water partition coefficient (Wildman–Crippen LogP) is 4.84. The van der Waals surface area contributed by atoms with Gasteiger partial charge in [-0.25, -0.2) is 0 Å². The monoisotopic (exact) mass is 381 g/mol. The predicted molar refractivity (Wildman–Crippen MR) is 105 cm³/mol. The van der Waals surface area contributed by atoms with Gasteiger partial charge in [-0.2, -0.15) is 4.98 Å². The molecule has 1 unspecified atom stereocenters. The van der Waals surface area contributed by atoms with Crippen molar-refractivity contribution in [2.24, 2.45) is 0 Å². The van der Waals surface area contributed by atoms with E-state index in [0.29, 0.717) is 29.7 Å². The van der Waals surface area contributed by atoms with Crippen molar-refractivity contribution in [3.63, 3.8) is 0 Å². The van der Waals surface area contributed by atoms with E-state index in [1.54, 1.807) is 4.90 Å². The van der Waals surface area contributed by atoms with Gasteiger partial charge in [0, 0.05) is 29.2 Å². The normalized spacial score (nSPS) is 17.0. The first-order valence-corrected chi connectivity index (χ1v) is 9.28. The van der Waals surface area contributed by atoms with Gasteiger partial charge in [0.2, 0.25) is 17.6 Å². The van der Waals surface area contributed by atoms with Crippen LogP contribution in [0.1, 0.15) is 34.9 Å². The third kappa shape index (κ3) is 3.35. The van der Waals surface area contributed by atoms with Crippen molar-refractivity contribution in [3.05, 3.63) is 64.0 Å². The van der Waals surface area contributed by atoms with Gasteiger partial charge in [0.25, 0.3) is 0 Å². The van der Waals surface area contributed by atoms with Gasteiger partial charge in [0.1, 0.15) is 0 Å². The molecule has 1 aliphatic rings. The largest absolute Gasteiger partial charge is 0.339 e. The van der Waals surface area contributed by atoms with Crippen LogP contribution < -0.4 is 4.90 Å². The molecule has 5 nitrogen and oxygen atoms in total. The molecule has 3 aromatic rings. The number of halogens is 1. The summed E-state index contributed by atoms with van der Waals surface area (Å²) in [6.45, 7) is 6.53. The van der Waals surface area contributed by atoms with Gasteiger partial charge in [-0.15, -0.1) is 0 Å². The lowest BCUT2D eigenvalue weighted by Crippen LogP contribution is -2.24. The second kappa shape index (κ2) is 6.82. The number of hydrogen-bond donors (Lipinski definition) is 0. The Hall–Kier alpha value is -2.66. The van der Waals surface area contributed by atoms with Gasteiger partial charge in [-0.3, -0.25) is 4.79 Å². The Morgan fingerprint density at radius 3 is 2.67 bits per heavy atom. The average Bonchev–Trinajstić information content (AvgIpc) is 3.24. The molecule has 1 atom stereocenters. The van der Waals surface area contributed by atoms with Gasteiger partial charge in [-0.05, 0) is 50.1 Å². The zero-order valence-corrected chi connectivity index (χ0v) is 16.2. The number of amides is 1. The van der Waals surface area contributed by atoms with Crippen LogP contribution in [0.25, 0.3) is 11.4 Å². The highest BCUT2D eigenvalue weighted by Gasteiger charge is 2.35. The minimum absolute atomic E-state index is 0.0491. The molecule has 2 heterocycles. The quantitative estimate of drug-likeness (QED) is 0.651. The second-order valence-corrected chi connectivity index (χ2v) is 7.52. The molecule has 0 radical (unpaired) electrons. The van der Waals surface area contributed by atoms with Crippen LogP contribution >= 0.6 is 11.6 Å². The maximum absolute atomic E-state index is 12.5. The second-order valence-electron chi connectivity index (χ2n) is 7.11. The zero-order valence-electron chi connectivity index (χ0n) is 15.5. The van der Waals surface area contributed by atoms with Crippen molar-refractivity contribution in [2.45, 2.75) is 33.1 Å². The molecule has 6 heteroatoms. The number of carbonyl (C=O) groups is 1. The van der Waals surface area contributed by atoms with Crippen LogP contribution in [0.2, 0.25) is 5.02 Å². The molecule has 1 saturated heterocycles. The fraction of sp³-hybridized carbons (Fsp3) is 0.286. The van der Waals surface area contributed by atoms with E-state index in [0.717, 1.165) is 22.4 Å². The van der Waals surface area contributed by atoms with Crippen LogP contribution in [0, 0.1) is 20.8 Å². The van der Waals surface area contributed by atoms with E-state index < -0.39 is 0 Å². The summed E-state index contributed by atoms with van der Waals surface area (Å²) in [6.07, 6.45) is 0.357. The Morgan fingerprint density at radius 1 is 1.11 bits per heavy atom. The Kier molecular flexibility index (Phi) is 4.48. The summed E-state index contributed by atoms with van der Waals surface area (Å²) < 4.78 is 5.50. The van der Waals surface area contributed by atoms with Crippen LogP contribution in [-0.4, -0.2) is 22.6 Å². The molecule has 0 aliphatic carbocycles. The number of aromatic nitrogens is 2. The van der Waals surface area contributed by atoms with Crippen molar-refractivity contribution >= 4 is 23.2 Å². The first-order chi connectivity index (χ1) is 12.9. The van der Waals surface area contributed by atoms with E-state index in [4.69, 9.17) is 16.1 Å². The molecule has 138 valence electrons. The van der Waals surface area contributed by atoms with E-state index in [1.165, 1.54) is 5.56 Å². The summed E-state index contributed by atoms with van der Waals surface area (Å²) in [4.78, 5) is 18.9. The number of benzene rings is 2. The zero-order chi connectivity index (χ0) is 19.1. The number of aryl methyl sites for hydroxylation is 3. The van der Waals surface area contributed by atoms with Gasteiger partial charge in [0.05, 0.1) is 5.92 Å². The SMILES string of the molecule is Cc1ccc(-c2noc(C3CC(=O)N(c4ccc(Cl)c(C)c4)C3)n2)c(C)c1. The van der Waals surface area contributed by atoms with Gasteiger partial charge < -0.3 is 9.42 Å². The molecule has 4 rings (SSSR count). The van der Waals surface area contributed by atoms with Crippen LogP contribution in [0.3, 0.4) is 0 Å². The van der Waals surface area contributed by atoms with E-state index in [9.17, 15) is 4.79 Å². The van der Waals surface area contributed by atoms with Crippen molar-refractivity contribution in [1.29, 1.82) is 0 Å². The summed E-state index contributed by atoms with van der Waals surface area (Å²) in [6, 6.07) is 11.7. The highest BCUT2D eigenvalue weighted by molar-refractivity contribution is 6.31. The minimum atomic E-state index is -0.111.